The minimum atomic E-state index is -3.98. The van der Waals surface area contributed by atoms with E-state index in [1.807, 2.05) is 30.3 Å². The van der Waals surface area contributed by atoms with Crippen molar-refractivity contribution in [1.82, 2.24) is 19.8 Å². The van der Waals surface area contributed by atoms with Gasteiger partial charge in [-0.3, -0.25) is 4.79 Å². The maximum atomic E-state index is 13.2. The number of halogens is 1. The van der Waals surface area contributed by atoms with Gasteiger partial charge < -0.3 is 9.84 Å². The number of rotatable bonds is 8. The standard InChI is InChI=1S/C19H20FN5O4S/c1-24(2)30(27,28)25(16-10-8-15(20)9-11-16)13-17(26)21-12-18-22-19(23-29-18)14-6-4-3-5-7-14/h3-11H,12-13H2,1-2H3,(H,21,26). The van der Waals surface area contributed by atoms with E-state index in [0.29, 0.717) is 5.82 Å². The first-order valence-electron chi connectivity index (χ1n) is 8.88. The van der Waals surface area contributed by atoms with E-state index in [-0.39, 0.29) is 18.1 Å². The molecule has 0 saturated carbocycles. The Balaban J connectivity index is 1.69. The van der Waals surface area contributed by atoms with Gasteiger partial charge in [0.15, 0.2) is 0 Å². The first kappa shape index (κ1) is 21.4. The van der Waals surface area contributed by atoms with Crippen molar-refractivity contribution in [3.63, 3.8) is 0 Å². The summed E-state index contributed by atoms with van der Waals surface area (Å²) < 4.78 is 45.4. The molecule has 1 heterocycles. The molecular weight excluding hydrogens is 413 g/mol. The Morgan fingerprint density at radius 3 is 2.40 bits per heavy atom. The Morgan fingerprint density at radius 2 is 1.77 bits per heavy atom. The van der Waals surface area contributed by atoms with Crippen molar-refractivity contribution in [1.29, 1.82) is 0 Å². The molecule has 158 valence electrons. The Bertz CT molecular complexity index is 1100. The summed E-state index contributed by atoms with van der Waals surface area (Å²) in [6.45, 7) is -0.580. The normalized spacial score (nSPS) is 11.5. The van der Waals surface area contributed by atoms with Gasteiger partial charge in [0.25, 0.3) is 0 Å². The lowest BCUT2D eigenvalue weighted by molar-refractivity contribution is -0.119. The first-order valence-corrected chi connectivity index (χ1v) is 10.3. The van der Waals surface area contributed by atoms with E-state index in [1.165, 1.54) is 26.2 Å². The summed E-state index contributed by atoms with van der Waals surface area (Å²) in [4.78, 5) is 16.6. The van der Waals surface area contributed by atoms with E-state index < -0.39 is 28.5 Å². The van der Waals surface area contributed by atoms with Crippen LogP contribution in [0.2, 0.25) is 0 Å². The molecular formula is C19H20FN5O4S. The van der Waals surface area contributed by atoms with Gasteiger partial charge in [0, 0.05) is 19.7 Å². The average molecular weight is 433 g/mol. The average Bonchev–Trinajstić information content (AvgIpc) is 3.21. The zero-order valence-electron chi connectivity index (χ0n) is 16.3. The van der Waals surface area contributed by atoms with Crippen molar-refractivity contribution >= 4 is 21.8 Å². The van der Waals surface area contributed by atoms with E-state index in [1.54, 1.807) is 0 Å². The molecule has 1 N–H and O–H groups in total. The van der Waals surface area contributed by atoms with Gasteiger partial charge >= 0.3 is 10.2 Å². The topological polar surface area (TPSA) is 109 Å². The van der Waals surface area contributed by atoms with E-state index in [4.69, 9.17) is 4.52 Å². The zero-order valence-corrected chi connectivity index (χ0v) is 17.1. The molecule has 2 aromatic carbocycles. The second-order valence-electron chi connectivity index (χ2n) is 6.43. The third-order valence-corrected chi connectivity index (χ3v) is 5.90. The predicted octanol–water partition coefficient (Wildman–Crippen LogP) is 1.80. The van der Waals surface area contributed by atoms with Crippen molar-refractivity contribution in [3.8, 4) is 11.4 Å². The maximum absolute atomic E-state index is 13.2. The second-order valence-corrected chi connectivity index (χ2v) is 8.49. The lowest BCUT2D eigenvalue weighted by Gasteiger charge is -2.26. The van der Waals surface area contributed by atoms with Gasteiger partial charge in [-0.2, -0.15) is 17.7 Å². The summed E-state index contributed by atoms with van der Waals surface area (Å²) >= 11 is 0. The van der Waals surface area contributed by atoms with Crippen LogP contribution in [0.15, 0.2) is 59.1 Å². The molecule has 3 aromatic rings. The number of nitrogens with one attached hydrogen (secondary N) is 1. The fourth-order valence-electron chi connectivity index (χ4n) is 2.50. The largest absolute Gasteiger partial charge is 0.345 e. The van der Waals surface area contributed by atoms with Crippen LogP contribution in [0.25, 0.3) is 11.4 Å². The molecule has 0 saturated heterocycles. The molecule has 0 radical (unpaired) electrons. The molecule has 0 aliphatic rings. The Labute approximate surface area is 173 Å². The number of benzene rings is 2. The lowest BCUT2D eigenvalue weighted by Crippen LogP contribution is -2.45. The van der Waals surface area contributed by atoms with Gasteiger partial charge in [-0.15, -0.1) is 0 Å². The number of hydrogen-bond acceptors (Lipinski definition) is 6. The van der Waals surface area contributed by atoms with E-state index in [0.717, 1.165) is 26.3 Å². The zero-order chi connectivity index (χ0) is 21.7. The molecule has 1 aromatic heterocycles. The molecule has 3 rings (SSSR count). The molecule has 0 aliphatic heterocycles. The Hall–Kier alpha value is -3.31. The summed E-state index contributed by atoms with van der Waals surface area (Å²) in [5.74, 6) is -0.561. The van der Waals surface area contributed by atoms with E-state index in [2.05, 4.69) is 15.5 Å². The molecule has 30 heavy (non-hydrogen) atoms. The highest BCUT2D eigenvalue weighted by atomic mass is 32.2. The van der Waals surface area contributed by atoms with Crippen molar-refractivity contribution in [2.75, 3.05) is 24.9 Å². The van der Waals surface area contributed by atoms with Crippen molar-refractivity contribution in [3.05, 3.63) is 66.3 Å². The quantitative estimate of drug-likeness (QED) is 0.580. The number of carbonyl (C=O) groups is 1. The number of aromatic nitrogens is 2. The number of carbonyl (C=O) groups excluding carboxylic acids is 1. The highest BCUT2D eigenvalue weighted by molar-refractivity contribution is 7.90. The van der Waals surface area contributed by atoms with Crippen LogP contribution < -0.4 is 9.62 Å². The molecule has 0 unspecified atom stereocenters. The third-order valence-electron chi connectivity index (χ3n) is 4.08. The maximum Gasteiger partial charge on any atom is 0.304 e. The highest BCUT2D eigenvalue weighted by Crippen LogP contribution is 2.20. The van der Waals surface area contributed by atoms with Gasteiger partial charge in [0.2, 0.25) is 17.6 Å². The summed E-state index contributed by atoms with van der Waals surface area (Å²) in [5.41, 5.74) is 0.919. The first-order chi connectivity index (χ1) is 14.3. The minimum Gasteiger partial charge on any atom is -0.345 e. The molecule has 11 heteroatoms. The molecule has 1 amide bonds. The Morgan fingerprint density at radius 1 is 1.10 bits per heavy atom. The fraction of sp³-hybridized carbons (Fsp3) is 0.211. The van der Waals surface area contributed by atoms with Gasteiger partial charge in [0.05, 0.1) is 12.2 Å². The van der Waals surface area contributed by atoms with Crippen LogP contribution in [0.3, 0.4) is 0 Å². The molecule has 0 aliphatic carbocycles. The molecule has 0 spiro atoms. The van der Waals surface area contributed by atoms with Gasteiger partial charge in [-0.05, 0) is 24.3 Å². The molecule has 0 atom stereocenters. The number of nitrogens with zero attached hydrogens (tertiary/aromatic N) is 4. The van der Waals surface area contributed by atoms with Crippen molar-refractivity contribution in [2.45, 2.75) is 6.54 Å². The summed E-state index contributed by atoms with van der Waals surface area (Å²) in [6.07, 6.45) is 0. The summed E-state index contributed by atoms with van der Waals surface area (Å²) in [5, 5.41) is 6.41. The van der Waals surface area contributed by atoms with E-state index >= 15 is 0 Å². The van der Waals surface area contributed by atoms with Crippen molar-refractivity contribution in [2.24, 2.45) is 0 Å². The van der Waals surface area contributed by atoms with Crippen LogP contribution in [-0.4, -0.2) is 49.4 Å². The van der Waals surface area contributed by atoms with Crippen molar-refractivity contribution < 1.29 is 22.1 Å². The molecule has 9 nitrogen and oxygen atoms in total. The minimum absolute atomic E-state index is 0.0715. The number of anilines is 1. The van der Waals surface area contributed by atoms with Crippen LogP contribution >= 0.6 is 0 Å². The van der Waals surface area contributed by atoms with Crippen LogP contribution in [0.5, 0.6) is 0 Å². The van der Waals surface area contributed by atoms with Gasteiger partial charge in [-0.25, -0.2) is 8.70 Å². The summed E-state index contributed by atoms with van der Waals surface area (Å²) in [6, 6.07) is 14.0. The summed E-state index contributed by atoms with van der Waals surface area (Å²) in [7, 11) is -1.30. The molecule has 0 bridgehead atoms. The van der Waals surface area contributed by atoms with Crippen LogP contribution in [-0.2, 0) is 21.5 Å². The van der Waals surface area contributed by atoms with Crippen LogP contribution in [0.1, 0.15) is 5.89 Å². The fourth-order valence-corrected chi connectivity index (χ4v) is 3.56. The number of amides is 1. The van der Waals surface area contributed by atoms with Crippen LogP contribution in [0.4, 0.5) is 10.1 Å². The van der Waals surface area contributed by atoms with Crippen LogP contribution in [0, 0.1) is 5.82 Å². The Kier molecular flexibility index (Phi) is 6.43. The lowest BCUT2D eigenvalue weighted by atomic mass is 10.2. The predicted molar refractivity (Wildman–Crippen MR) is 108 cm³/mol. The monoisotopic (exact) mass is 433 g/mol. The third kappa shape index (κ3) is 4.99. The number of hydrogen-bond donors (Lipinski definition) is 1. The second kappa shape index (κ2) is 9.01. The van der Waals surface area contributed by atoms with Gasteiger partial charge in [0.1, 0.15) is 12.4 Å². The molecule has 0 fully saturated rings. The SMILES string of the molecule is CN(C)S(=O)(=O)N(CC(=O)NCc1nc(-c2ccccc2)no1)c1ccc(F)cc1. The van der Waals surface area contributed by atoms with Gasteiger partial charge in [-0.1, -0.05) is 35.5 Å². The smallest absolute Gasteiger partial charge is 0.304 e. The van der Waals surface area contributed by atoms with E-state index in [9.17, 15) is 17.6 Å². The highest BCUT2D eigenvalue weighted by Gasteiger charge is 2.27.